The van der Waals surface area contributed by atoms with Gasteiger partial charge in [-0.1, -0.05) is 73.5 Å². The van der Waals surface area contributed by atoms with E-state index in [0.29, 0.717) is 34.7 Å². The fraction of sp³-hybridized carbons (Fsp3) is 0.366. The number of aryl methyl sites for hydroxylation is 1. The highest BCUT2D eigenvalue weighted by atomic mass is 32.2. The van der Waals surface area contributed by atoms with Crippen molar-refractivity contribution in [3.05, 3.63) is 96.6 Å². The standard InChI is InChI=1S/C41H44N4O7S/c1-27(46)45-26-32(52-37-24-34(28-14-9-7-10-15-28)42-35-22-31(51-2)20-21-33(35)37)23-36(45)39(47)43-41-25-30(41)18-11-6-4-3-5-8-16-29-17-12-13-19-38(29)53(49,50)44-40(41)48/h7,9-15,17-22,24,30,32,36H,3-6,8,16,23,25-26H2,1-2H3,(H,43,47)(H,44,48)/b18-11-/t30-,32-,36+,41-/m1/s1. The Morgan fingerprint density at radius 1 is 0.981 bits per heavy atom. The smallest absolute Gasteiger partial charge is 0.264 e. The molecule has 4 aromatic rings. The number of likely N-dealkylation sites (tertiary alicyclic amines) is 1. The van der Waals surface area contributed by atoms with Crippen LogP contribution in [0.25, 0.3) is 22.2 Å². The molecule has 0 radical (unpaired) electrons. The van der Waals surface area contributed by atoms with Crippen molar-refractivity contribution >= 4 is 38.6 Å². The highest BCUT2D eigenvalue weighted by Crippen LogP contribution is 2.46. The Hall–Kier alpha value is -5.23. The SMILES string of the molecule is COc1ccc2c(O[C@@H]3C[C@@H](C(=O)N[C@]45C[C@H]4/C=C\CCCCCCc4ccccc4S(=O)(=O)NC5=O)N(C(C)=O)C3)cc(-c3ccccc3)nc2c1. The molecule has 4 atom stereocenters. The number of allylic oxidation sites excluding steroid dienone is 1. The van der Waals surface area contributed by atoms with E-state index in [9.17, 15) is 22.8 Å². The van der Waals surface area contributed by atoms with Crippen LogP contribution in [-0.4, -0.2) is 67.4 Å². The predicted octanol–water partition coefficient (Wildman–Crippen LogP) is 5.72. The molecule has 3 aliphatic rings. The van der Waals surface area contributed by atoms with Gasteiger partial charge in [0.05, 0.1) is 29.8 Å². The summed E-state index contributed by atoms with van der Waals surface area (Å²) in [4.78, 5) is 47.5. The molecule has 1 aromatic heterocycles. The molecule has 0 unspecified atom stereocenters. The summed E-state index contributed by atoms with van der Waals surface area (Å²) in [5, 5.41) is 3.66. The van der Waals surface area contributed by atoms with Gasteiger partial charge >= 0.3 is 0 Å². The summed E-state index contributed by atoms with van der Waals surface area (Å²) in [6, 6.07) is 22.9. The second-order valence-corrected chi connectivity index (χ2v) is 15.8. The maximum atomic E-state index is 14.2. The number of sulfonamides is 1. The van der Waals surface area contributed by atoms with Crippen LogP contribution in [0.5, 0.6) is 11.5 Å². The Morgan fingerprint density at radius 3 is 2.55 bits per heavy atom. The van der Waals surface area contributed by atoms with Gasteiger partial charge in [-0.15, -0.1) is 0 Å². The topological polar surface area (TPSA) is 144 Å². The Labute approximate surface area is 309 Å². The van der Waals surface area contributed by atoms with Crippen molar-refractivity contribution in [1.29, 1.82) is 0 Å². The largest absolute Gasteiger partial charge is 0.497 e. The molecular formula is C41H44N4O7S. The summed E-state index contributed by atoms with van der Waals surface area (Å²) >= 11 is 0. The summed E-state index contributed by atoms with van der Waals surface area (Å²) in [5.74, 6) is -0.870. The predicted molar refractivity (Wildman–Crippen MR) is 201 cm³/mol. The van der Waals surface area contributed by atoms with Gasteiger partial charge in [-0.2, -0.15) is 0 Å². The number of methoxy groups -OCH3 is 1. The van der Waals surface area contributed by atoms with Gasteiger partial charge in [0.1, 0.15) is 29.2 Å². The van der Waals surface area contributed by atoms with Crippen molar-refractivity contribution in [1.82, 2.24) is 19.9 Å². The number of pyridine rings is 1. The zero-order chi connectivity index (χ0) is 37.2. The third kappa shape index (κ3) is 7.64. The lowest BCUT2D eigenvalue weighted by atomic mass is 10.0. The minimum Gasteiger partial charge on any atom is -0.497 e. The van der Waals surface area contributed by atoms with Crippen LogP contribution in [0.1, 0.15) is 57.4 Å². The number of fused-ring (bicyclic) bond motifs is 3. The van der Waals surface area contributed by atoms with Gasteiger partial charge in [0.2, 0.25) is 11.8 Å². The Balaban J connectivity index is 1.15. The van der Waals surface area contributed by atoms with Crippen molar-refractivity contribution in [3.63, 3.8) is 0 Å². The molecular weight excluding hydrogens is 693 g/mol. The molecule has 2 aliphatic heterocycles. The van der Waals surface area contributed by atoms with Crippen molar-refractivity contribution in [2.24, 2.45) is 5.92 Å². The number of nitrogens with one attached hydrogen (secondary N) is 2. The molecule has 2 N–H and O–H groups in total. The molecule has 1 aliphatic carbocycles. The molecule has 3 amide bonds. The van der Waals surface area contributed by atoms with Gasteiger partial charge in [-0.05, 0) is 55.9 Å². The van der Waals surface area contributed by atoms with Crippen molar-refractivity contribution in [3.8, 4) is 22.8 Å². The number of ether oxygens (including phenoxy) is 2. The molecule has 0 spiro atoms. The first-order chi connectivity index (χ1) is 25.6. The van der Waals surface area contributed by atoms with Crippen LogP contribution in [0.2, 0.25) is 0 Å². The van der Waals surface area contributed by atoms with Crippen molar-refractivity contribution in [2.75, 3.05) is 13.7 Å². The van der Waals surface area contributed by atoms with E-state index < -0.39 is 45.4 Å². The minimum atomic E-state index is -4.23. The number of amides is 3. The van der Waals surface area contributed by atoms with Gasteiger partial charge in [-0.25, -0.2) is 18.1 Å². The highest BCUT2D eigenvalue weighted by molar-refractivity contribution is 7.90. The van der Waals surface area contributed by atoms with Crippen molar-refractivity contribution < 1.29 is 32.3 Å². The molecule has 11 nitrogen and oxygen atoms in total. The van der Waals surface area contributed by atoms with Gasteiger partial charge < -0.3 is 19.7 Å². The normalized spacial score (nSPS) is 24.8. The molecule has 3 heterocycles. The van der Waals surface area contributed by atoms with Crippen LogP contribution in [0, 0.1) is 5.92 Å². The summed E-state index contributed by atoms with van der Waals surface area (Å²) in [7, 11) is -2.64. The maximum absolute atomic E-state index is 14.2. The van der Waals surface area contributed by atoms with E-state index in [4.69, 9.17) is 14.5 Å². The lowest BCUT2D eigenvalue weighted by molar-refractivity contribution is -0.138. The molecule has 3 aromatic carbocycles. The number of nitrogens with zero attached hydrogens (tertiary/aromatic N) is 2. The number of hydrogen-bond donors (Lipinski definition) is 2. The number of aromatic nitrogens is 1. The molecule has 7 rings (SSSR count). The number of rotatable bonds is 6. The maximum Gasteiger partial charge on any atom is 0.264 e. The Bertz CT molecular complexity index is 2170. The quantitative estimate of drug-likeness (QED) is 0.239. The van der Waals surface area contributed by atoms with Crippen LogP contribution in [-0.2, 0) is 30.8 Å². The molecule has 53 heavy (non-hydrogen) atoms. The van der Waals surface area contributed by atoms with Gasteiger partial charge in [0.25, 0.3) is 15.9 Å². The average molecular weight is 737 g/mol. The Morgan fingerprint density at radius 2 is 1.75 bits per heavy atom. The summed E-state index contributed by atoms with van der Waals surface area (Å²) in [5.41, 5.74) is 1.42. The number of carbonyl (C=O) groups is 3. The summed E-state index contributed by atoms with van der Waals surface area (Å²) < 4.78 is 41.6. The van der Waals surface area contributed by atoms with Gasteiger partial charge in [-0.3, -0.25) is 14.4 Å². The third-order valence-corrected chi connectivity index (χ3v) is 11.9. The number of carbonyl (C=O) groups excluding carboxylic acids is 3. The Kier molecular flexibility index (Phi) is 10.2. The van der Waals surface area contributed by atoms with Crippen LogP contribution >= 0.6 is 0 Å². The monoisotopic (exact) mass is 736 g/mol. The van der Waals surface area contributed by atoms with Crippen LogP contribution in [0.4, 0.5) is 0 Å². The average Bonchev–Trinajstić information content (AvgIpc) is 3.68. The second kappa shape index (κ2) is 15.0. The van der Waals surface area contributed by atoms with Gasteiger partial charge in [0, 0.05) is 42.3 Å². The van der Waals surface area contributed by atoms with Crippen LogP contribution in [0.15, 0.2) is 95.9 Å². The zero-order valence-electron chi connectivity index (χ0n) is 29.9. The number of hydrogen-bond acceptors (Lipinski definition) is 8. The van der Waals surface area contributed by atoms with E-state index in [1.54, 1.807) is 25.3 Å². The van der Waals surface area contributed by atoms with E-state index >= 15 is 0 Å². The minimum absolute atomic E-state index is 0.0634. The third-order valence-electron chi connectivity index (χ3n) is 10.5. The first-order valence-corrected chi connectivity index (χ1v) is 19.7. The van der Waals surface area contributed by atoms with E-state index in [1.165, 1.54) is 17.9 Å². The summed E-state index contributed by atoms with van der Waals surface area (Å²) in [6.45, 7) is 1.54. The lowest BCUT2D eigenvalue weighted by Crippen LogP contribution is -2.56. The van der Waals surface area contributed by atoms with E-state index in [0.717, 1.165) is 43.1 Å². The van der Waals surface area contributed by atoms with E-state index in [1.807, 2.05) is 66.7 Å². The highest BCUT2D eigenvalue weighted by Gasteiger charge is 2.61. The molecule has 276 valence electrons. The number of benzene rings is 3. The lowest BCUT2D eigenvalue weighted by Gasteiger charge is -2.25. The van der Waals surface area contributed by atoms with E-state index in [-0.39, 0.29) is 30.2 Å². The molecule has 12 heteroatoms. The molecule has 0 bridgehead atoms. The molecule has 2 fully saturated rings. The first kappa shape index (κ1) is 36.1. The first-order valence-electron chi connectivity index (χ1n) is 18.2. The van der Waals surface area contributed by atoms with E-state index in [2.05, 4.69) is 10.0 Å². The van der Waals surface area contributed by atoms with Crippen LogP contribution < -0.4 is 19.5 Å². The molecule has 1 saturated carbocycles. The van der Waals surface area contributed by atoms with Crippen LogP contribution in [0.3, 0.4) is 0 Å². The zero-order valence-corrected chi connectivity index (χ0v) is 30.7. The summed E-state index contributed by atoms with van der Waals surface area (Å²) in [6.07, 6.45) is 8.93. The second-order valence-electron chi connectivity index (χ2n) is 14.1. The van der Waals surface area contributed by atoms with Crippen molar-refractivity contribution in [2.45, 2.75) is 80.9 Å². The molecule has 1 saturated heterocycles. The fourth-order valence-electron chi connectivity index (χ4n) is 7.53. The van der Waals surface area contributed by atoms with Gasteiger partial charge in [0.15, 0.2) is 0 Å². The fourth-order valence-corrected chi connectivity index (χ4v) is 8.84.